The maximum absolute atomic E-state index is 14.1. The lowest BCUT2D eigenvalue weighted by Gasteiger charge is -2.23. The van der Waals surface area contributed by atoms with Gasteiger partial charge in [-0.2, -0.15) is 0 Å². The number of ether oxygens (including phenoxy) is 3. The molecule has 5 aromatic rings. The zero-order chi connectivity index (χ0) is 30.8. The molecule has 1 atom stereocenters. The first-order valence-corrected chi connectivity index (χ1v) is 15.4. The summed E-state index contributed by atoms with van der Waals surface area (Å²) < 4.78 is 21.0. The molecule has 0 amide bonds. The van der Waals surface area contributed by atoms with Crippen molar-refractivity contribution in [2.45, 2.75) is 33.4 Å². The fourth-order valence-electron chi connectivity index (χ4n) is 5.66. The number of methoxy groups -OCH3 is 1. The molecule has 0 radical (unpaired) electrons. The molecule has 3 heterocycles. The van der Waals surface area contributed by atoms with Crippen LogP contribution >= 0.6 is 11.3 Å². The number of esters is 1. The van der Waals surface area contributed by atoms with Gasteiger partial charge in [-0.05, 0) is 56.2 Å². The third-order valence-electron chi connectivity index (χ3n) is 7.55. The van der Waals surface area contributed by atoms with Crippen LogP contribution in [0.5, 0.6) is 11.5 Å². The molecule has 0 bridgehead atoms. The Morgan fingerprint density at radius 1 is 1.00 bits per heavy atom. The average molecular weight is 608 g/mol. The fourth-order valence-corrected chi connectivity index (χ4v) is 6.62. The van der Waals surface area contributed by atoms with Crippen molar-refractivity contribution in [3.63, 3.8) is 0 Å². The van der Waals surface area contributed by atoms with Gasteiger partial charge >= 0.3 is 5.97 Å². The molecule has 8 nitrogen and oxygen atoms in total. The summed E-state index contributed by atoms with van der Waals surface area (Å²) in [5.41, 5.74) is 5.13. The summed E-state index contributed by atoms with van der Waals surface area (Å²) in [5, 5.41) is 1.05. The summed E-state index contributed by atoms with van der Waals surface area (Å²) in [7, 11) is 1.32. The molecule has 9 heteroatoms. The van der Waals surface area contributed by atoms with E-state index in [1.54, 1.807) is 10.6 Å². The highest BCUT2D eigenvalue weighted by molar-refractivity contribution is 7.07. The second-order valence-electron chi connectivity index (χ2n) is 10.5. The highest BCUT2D eigenvalue weighted by atomic mass is 32.1. The summed E-state index contributed by atoms with van der Waals surface area (Å²) in [5.74, 6) is 0.576. The first kappa shape index (κ1) is 29.2. The van der Waals surface area contributed by atoms with Gasteiger partial charge in [0.25, 0.3) is 5.56 Å². The number of aryl methyl sites for hydroxylation is 1. The molecule has 0 N–H and O–H groups in total. The van der Waals surface area contributed by atoms with Gasteiger partial charge in [-0.25, -0.2) is 9.79 Å². The number of hydrogen-bond donors (Lipinski definition) is 0. The monoisotopic (exact) mass is 607 g/mol. The van der Waals surface area contributed by atoms with Crippen LogP contribution in [0.1, 0.15) is 42.1 Å². The van der Waals surface area contributed by atoms with Gasteiger partial charge in [0.2, 0.25) is 0 Å². The number of para-hydroxylation sites is 1. The quantitative estimate of drug-likeness (QED) is 0.217. The Morgan fingerprint density at radius 2 is 1.80 bits per heavy atom. The minimum Gasteiger partial charge on any atom is -0.490 e. The Balaban J connectivity index is 1.49. The predicted molar refractivity (Wildman–Crippen MR) is 172 cm³/mol. The largest absolute Gasteiger partial charge is 0.490 e. The third kappa shape index (κ3) is 5.46. The lowest BCUT2D eigenvalue weighted by Crippen LogP contribution is -2.39. The smallest absolute Gasteiger partial charge is 0.337 e. The van der Waals surface area contributed by atoms with Crippen LogP contribution in [0.2, 0.25) is 0 Å². The first-order chi connectivity index (χ1) is 21.4. The van der Waals surface area contributed by atoms with E-state index in [0.29, 0.717) is 46.2 Å². The maximum Gasteiger partial charge on any atom is 0.337 e. The number of thiazole rings is 1. The minimum atomic E-state index is -0.751. The number of aromatic nitrogens is 2. The molecule has 3 aromatic carbocycles. The van der Waals surface area contributed by atoms with Crippen LogP contribution in [-0.2, 0) is 16.1 Å². The SMILES string of the molecule is CCOc1ccc([C@H]2C(C(=O)OC)=CN=c3s/c(=C\c4cn(Cc5cccc(C)c5)c5ccccc45)c(=O)n32)cc1OCC. The van der Waals surface area contributed by atoms with Crippen molar-refractivity contribution in [2.24, 2.45) is 4.99 Å². The fraction of sp³-hybridized carbons (Fsp3) is 0.229. The molecule has 2 aromatic heterocycles. The van der Waals surface area contributed by atoms with Gasteiger partial charge in [0.15, 0.2) is 16.3 Å². The van der Waals surface area contributed by atoms with E-state index in [2.05, 4.69) is 59.1 Å². The van der Waals surface area contributed by atoms with Crippen LogP contribution in [0.25, 0.3) is 17.0 Å². The zero-order valence-electron chi connectivity index (χ0n) is 25.1. The van der Waals surface area contributed by atoms with E-state index in [1.165, 1.54) is 35.8 Å². The van der Waals surface area contributed by atoms with Gasteiger partial charge in [0.1, 0.15) is 0 Å². The van der Waals surface area contributed by atoms with Crippen LogP contribution < -0.4 is 24.4 Å². The van der Waals surface area contributed by atoms with E-state index < -0.39 is 12.0 Å². The Morgan fingerprint density at radius 3 is 2.57 bits per heavy atom. The highest BCUT2D eigenvalue weighted by Crippen LogP contribution is 2.35. The van der Waals surface area contributed by atoms with Crippen molar-refractivity contribution >= 4 is 34.3 Å². The lowest BCUT2D eigenvalue weighted by molar-refractivity contribution is -0.136. The van der Waals surface area contributed by atoms with Crippen molar-refractivity contribution < 1.29 is 19.0 Å². The van der Waals surface area contributed by atoms with Crippen LogP contribution in [0, 0.1) is 6.92 Å². The van der Waals surface area contributed by atoms with Crippen LogP contribution in [-0.4, -0.2) is 35.4 Å². The molecule has 0 saturated carbocycles. The summed E-state index contributed by atoms with van der Waals surface area (Å²) in [4.78, 5) is 32.1. The average Bonchev–Trinajstić information content (AvgIpc) is 3.54. The van der Waals surface area contributed by atoms with Crippen molar-refractivity contribution in [3.8, 4) is 11.5 Å². The Bertz CT molecular complexity index is 2090. The van der Waals surface area contributed by atoms with Crippen molar-refractivity contribution in [2.75, 3.05) is 20.3 Å². The summed E-state index contributed by atoms with van der Waals surface area (Å²) in [6, 6.07) is 21.4. The number of fused-ring (bicyclic) bond motifs is 2. The van der Waals surface area contributed by atoms with Gasteiger partial charge < -0.3 is 18.8 Å². The van der Waals surface area contributed by atoms with Crippen molar-refractivity contribution in [3.05, 3.63) is 127 Å². The first-order valence-electron chi connectivity index (χ1n) is 14.5. The topological polar surface area (TPSA) is 84.0 Å². The van der Waals surface area contributed by atoms with Gasteiger partial charge in [-0.3, -0.25) is 9.36 Å². The molecule has 0 saturated heterocycles. The molecule has 6 rings (SSSR count). The Labute approximate surface area is 258 Å². The molecular weight excluding hydrogens is 574 g/mol. The van der Waals surface area contributed by atoms with E-state index in [1.807, 2.05) is 44.2 Å². The number of carbonyl (C=O) groups is 1. The number of rotatable bonds is 9. The normalized spacial score (nSPS) is 14.6. The number of nitrogens with zero attached hydrogens (tertiary/aromatic N) is 3. The number of carbonyl (C=O) groups excluding carboxylic acids is 1. The van der Waals surface area contributed by atoms with Gasteiger partial charge in [-0.1, -0.05) is 65.4 Å². The molecule has 0 fully saturated rings. The van der Waals surface area contributed by atoms with Crippen LogP contribution in [0.4, 0.5) is 0 Å². The van der Waals surface area contributed by atoms with Crippen LogP contribution in [0.3, 0.4) is 0 Å². The van der Waals surface area contributed by atoms with Gasteiger partial charge in [-0.15, -0.1) is 0 Å². The second kappa shape index (κ2) is 12.4. The highest BCUT2D eigenvalue weighted by Gasteiger charge is 2.31. The summed E-state index contributed by atoms with van der Waals surface area (Å²) in [6.07, 6.45) is 5.50. The predicted octanol–water partition coefficient (Wildman–Crippen LogP) is 5.13. The number of hydrogen-bond acceptors (Lipinski definition) is 7. The molecule has 0 unspecified atom stereocenters. The number of benzene rings is 3. The standard InChI is InChI=1S/C35H33N3O5S/c1-5-42-29-15-14-24(17-30(29)43-6-2)32-27(34(40)41-4)19-36-35-38(32)33(39)31(44-35)18-25-21-37(28-13-8-7-12-26(25)28)20-23-11-9-10-22(3)16-23/h7-19,21,32H,5-6,20H2,1-4H3/b31-18-/t32-/m0/s1. The molecular formula is C35H33N3O5S. The van der Waals surface area contributed by atoms with E-state index in [9.17, 15) is 9.59 Å². The lowest BCUT2D eigenvalue weighted by atomic mass is 9.97. The zero-order valence-corrected chi connectivity index (χ0v) is 25.9. The molecule has 0 spiro atoms. The maximum atomic E-state index is 14.1. The van der Waals surface area contributed by atoms with E-state index in [4.69, 9.17) is 14.2 Å². The molecule has 44 heavy (non-hydrogen) atoms. The third-order valence-corrected chi connectivity index (χ3v) is 8.55. The van der Waals surface area contributed by atoms with Gasteiger partial charge in [0.05, 0.1) is 36.5 Å². The molecule has 0 aliphatic carbocycles. The van der Waals surface area contributed by atoms with E-state index >= 15 is 0 Å². The van der Waals surface area contributed by atoms with Crippen molar-refractivity contribution in [1.82, 2.24) is 9.13 Å². The second-order valence-corrected chi connectivity index (χ2v) is 11.5. The molecule has 1 aliphatic rings. The molecule has 224 valence electrons. The van der Waals surface area contributed by atoms with E-state index in [-0.39, 0.29) is 11.1 Å². The summed E-state index contributed by atoms with van der Waals surface area (Å²) in [6.45, 7) is 7.50. The van der Waals surface area contributed by atoms with E-state index in [0.717, 1.165) is 16.5 Å². The van der Waals surface area contributed by atoms with Gasteiger partial charge in [0, 0.05) is 35.4 Å². The Kier molecular flexibility index (Phi) is 8.21. The minimum absolute atomic E-state index is 0.240. The Hall–Kier alpha value is -4.89. The van der Waals surface area contributed by atoms with Crippen LogP contribution in [0.15, 0.2) is 94.5 Å². The molecule has 1 aliphatic heterocycles. The van der Waals surface area contributed by atoms with Crippen molar-refractivity contribution in [1.29, 1.82) is 0 Å². The summed E-state index contributed by atoms with van der Waals surface area (Å²) >= 11 is 1.29.